The van der Waals surface area contributed by atoms with Crippen LogP contribution in [0.4, 0.5) is 5.82 Å². The van der Waals surface area contributed by atoms with E-state index in [0.29, 0.717) is 0 Å². The zero-order valence-corrected chi connectivity index (χ0v) is 11.3. The number of nitriles is 1. The van der Waals surface area contributed by atoms with E-state index in [1.165, 1.54) is 0 Å². The maximum absolute atomic E-state index is 8.91. The van der Waals surface area contributed by atoms with Gasteiger partial charge < -0.3 is 4.90 Å². The summed E-state index contributed by atoms with van der Waals surface area (Å²) in [6, 6.07) is 4.35. The van der Waals surface area contributed by atoms with Gasteiger partial charge in [0, 0.05) is 32.9 Å². The molecule has 0 unspecified atom stereocenters. The van der Waals surface area contributed by atoms with Crippen molar-refractivity contribution in [1.29, 1.82) is 5.26 Å². The van der Waals surface area contributed by atoms with Crippen LogP contribution < -0.4 is 4.90 Å². The Morgan fingerprint density at radius 3 is 2.71 bits per heavy atom. The fourth-order valence-electron chi connectivity index (χ4n) is 1.69. The van der Waals surface area contributed by atoms with Gasteiger partial charge in [-0.1, -0.05) is 6.42 Å². The Morgan fingerprint density at radius 2 is 2.18 bits per heavy atom. The topological polar surface area (TPSA) is 44.9 Å². The van der Waals surface area contributed by atoms with E-state index in [1.54, 1.807) is 0 Å². The van der Waals surface area contributed by atoms with Crippen LogP contribution in [0, 0.1) is 16.7 Å². The van der Waals surface area contributed by atoms with Gasteiger partial charge in [-0.15, -0.1) is 0 Å². The lowest BCUT2D eigenvalue weighted by Gasteiger charge is -2.18. The van der Waals surface area contributed by atoms with Crippen LogP contribution in [0.2, 0.25) is 0 Å². The molecule has 0 aliphatic rings. The molecule has 1 rings (SSSR count). The van der Waals surface area contributed by atoms with Crippen molar-refractivity contribution in [2.24, 2.45) is 12.5 Å². The lowest BCUT2D eigenvalue weighted by Crippen LogP contribution is -2.19. The Morgan fingerprint density at radius 1 is 1.47 bits per heavy atom. The minimum atomic E-state index is -0.191. The van der Waals surface area contributed by atoms with Gasteiger partial charge in [-0.2, -0.15) is 10.4 Å². The maximum atomic E-state index is 8.91. The van der Waals surface area contributed by atoms with Crippen LogP contribution in [0.15, 0.2) is 12.3 Å². The van der Waals surface area contributed by atoms with Crippen LogP contribution in [0.5, 0.6) is 0 Å². The Bertz CT molecular complexity index is 386. The number of hydrogen-bond acceptors (Lipinski definition) is 3. The molecule has 1 aromatic rings. The summed E-state index contributed by atoms with van der Waals surface area (Å²) < 4.78 is 1.81. The number of aromatic nitrogens is 2. The molecule has 4 heteroatoms. The number of hydrogen-bond donors (Lipinski definition) is 0. The third-order valence-corrected chi connectivity index (χ3v) is 2.94. The van der Waals surface area contributed by atoms with Crippen molar-refractivity contribution < 1.29 is 0 Å². The predicted molar refractivity (Wildman–Crippen MR) is 69.7 cm³/mol. The van der Waals surface area contributed by atoms with E-state index in [9.17, 15) is 0 Å². The standard InChI is InChI=1S/C13H22N4/c1-13(2,11-14)8-5-6-9-16(3)12-7-10-17(4)15-12/h7,10H,5-6,8-9H2,1-4H3. The number of anilines is 1. The Hall–Kier alpha value is -1.50. The molecule has 0 aliphatic carbocycles. The van der Waals surface area contributed by atoms with Crippen LogP contribution in [0.1, 0.15) is 33.1 Å². The smallest absolute Gasteiger partial charge is 0.150 e. The van der Waals surface area contributed by atoms with Crippen molar-refractivity contribution in [2.45, 2.75) is 33.1 Å². The van der Waals surface area contributed by atoms with Crippen LogP contribution in [0.25, 0.3) is 0 Å². The second-order valence-corrected chi connectivity index (χ2v) is 5.22. The predicted octanol–water partition coefficient (Wildman–Crippen LogP) is 2.58. The molecule has 4 nitrogen and oxygen atoms in total. The molecule has 94 valence electrons. The van der Waals surface area contributed by atoms with Crippen LogP contribution in [-0.4, -0.2) is 23.4 Å². The molecular formula is C13H22N4. The summed E-state index contributed by atoms with van der Waals surface area (Å²) in [5.41, 5.74) is -0.191. The van der Waals surface area contributed by atoms with Crippen molar-refractivity contribution in [3.05, 3.63) is 12.3 Å². The van der Waals surface area contributed by atoms with Gasteiger partial charge in [0.25, 0.3) is 0 Å². The van der Waals surface area contributed by atoms with E-state index < -0.39 is 0 Å². The zero-order chi connectivity index (χ0) is 12.9. The average molecular weight is 234 g/mol. The fraction of sp³-hybridized carbons (Fsp3) is 0.692. The normalized spacial score (nSPS) is 11.2. The summed E-state index contributed by atoms with van der Waals surface area (Å²) in [5, 5.41) is 13.3. The minimum Gasteiger partial charge on any atom is -0.358 e. The molecule has 0 atom stereocenters. The number of aryl methyl sites for hydroxylation is 1. The first-order valence-corrected chi connectivity index (χ1v) is 6.07. The molecular weight excluding hydrogens is 212 g/mol. The lowest BCUT2D eigenvalue weighted by molar-refractivity contribution is 0.427. The van der Waals surface area contributed by atoms with Crippen molar-refractivity contribution in [3.63, 3.8) is 0 Å². The van der Waals surface area contributed by atoms with Gasteiger partial charge >= 0.3 is 0 Å². The Kier molecular flexibility index (Phi) is 4.56. The van der Waals surface area contributed by atoms with E-state index in [0.717, 1.165) is 31.6 Å². The monoisotopic (exact) mass is 234 g/mol. The molecule has 0 amide bonds. The summed E-state index contributed by atoms with van der Waals surface area (Å²) in [7, 11) is 3.98. The Balaban J connectivity index is 2.26. The maximum Gasteiger partial charge on any atom is 0.150 e. The van der Waals surface area contributed by atoms with Gasteiger partial charge in [0.1, 0.15) is 5.82 Å². The molecule has 0 radical (unpaired) electrons. The number of nitrogens with zero attached hydrogens (tertiary/aromatic N) is 4. The number of unbranched alkanes of at least 4 members (excludes halogenated alkanes) is 1. The highest BCUT2D eigenvalue weighted by Gasteiger charge is 2.15. The van der Waals surface area contributed by atoms with Crippen LogP contribution in [0.3, 0.4) is 0 Å². The molecule has 0 saturated heterocycles. The molecule has 0 spiro atoms. The van der Waals surface area contributed by atoms with Gasteiger partial charge in [-0.3, -0.25) is 4.68 Å². The van der Waals surface area contributed by atoms with Crippen molar-refractivity contribution in [2.75, 3.05) is 18.5 Å². The molecule has 0 aromatic carbocycles. The van der Waals surface area contributed by atoms with Crippen LogP contribution in [-0.2, 0) is 7.05 Å². The first-order chi connectivity index (χ1) is 7.94. The van der Waals surface area contributed by atoms with Gasteiger partial charge in [-0.05, 0) is 26.7 Å². The van der Waals surface area contributed by atoms with Gasteiger partial charge in [0.15, 0.2) is 0 Å². The molecule has 0 N–H and O–H groups in total. The van der Waals surface area contributed by atoms with Crippen LogP contribution >= 0.6 is 0 Å². The molecule has 0 saturated carbocycles. The summed E-state index contributed by atoms with van der Waals surface area (Å²) in [5.74, 6) is 1.01. The highest BCUT2D eigenvalue weighted by molar-refractivity contribution is 5.35. The summed E-state index contributed by atoms with van der Waals surface area (Å²) in [4.78, 5) is 2.15. The quantitative estimate of drug-likeness (QED) is 0.711. The van der Waals surface area contributed by atoms with E-state index in [1.807, 2.05) is 37.8 Å². The first kappa shape index (κ1) is 13.6. The SMILES string of the molecule is CN(CCCCC(C)(C)C#N)c1ccn(C)n1. The molecule has 0 fully saturated rings. The Labute approximate surface area is 104 Å². The zero-order valence-electron chi connectivity index (χ0n) is 11.3. The van der Waals surface area contributed by atoms with Gasteiger partial charge in [0.2, 0.25) is 0 Å². The van der Waals surface area contributed by atoms with Crippen molar-refractivity contribution >= 4 is 5.82 Å². The summed E-state index contributed by atoms with van der Waals surface area (Å²) >= 11 is 0. The highest BCUT2D eigenvalue weighted by Crippen LogP contribution is 2.21. The van der Waals surface area contributed by atoms with Gasteiger partial charge in [0.05, 0.1) is 11.5 Å². The third-order valence-electron chi connectivity index (χ3n) is 2.94. The number of rotatable bonds is 6. The largest absolute Gasteiger partial charge is 0.358 e. The second-order valence-electron chi connectivity index (χ2n) is 5.22. The van der Waals surface area contributed by atoms with E-state index >= 15 is 0 Å². The van der Waals surface area contributed by atoms with Crippen molar-refractivity contribution in [3.8, 4) is 6.07 Å². The minimum absolute atomic E-state index is 0.191. The van der Waals surface area contributed by atoms with E-state index in [4.69, 9.17) is 5.26 Å². The second kappa shape index (κ2) is 5.72. The average Bonchev–Trinajstić information content (AvgIpc) is 2.71. The van der Waals surface area contributed by atoms with E-state index in [-0.39, 0.29) is 5.41 Å². The summed E-state index contributed by atoms with van der Waals surface area (Å²) in [6.45, 7) is 4.98. The fourth-order valence-corrected chi connectivity index (χ4v) is 1.69. The molecule has 1 aromatic heterocycles. The summed E-state index contributed by atoms with van der Waals surface area (Å²) in [6.07, 6.45) is 5.08. The van der Waals surface area contributed by atoms with Gasteiger partial charge in [-0.25, -0.2) is 0 Å². The molecule has 0 bridgehead atoms. The molecule has 1 heterocycles. The lowest BCUT2D eigenvalue weighted by atomic mass is 9.89. The third kappa shape index (κ3) is 4.48. The molecule has 0 aliphatic heterocycles. The highest BCUT2D eigenvalue weighted by atomic mass is 15.3. The van der Waals surface area contributed by atoms with Crippen molar-refractivity contribution in [1.82, 2.24) is 9.78 Å². The van der Waals surface area contributed by atoms with E-state index in [2.05, 4.69) is 23.1 Å². The molecule has 17 heavy (non-hydrogen) atoms. The first-order valence-electron chi connectivity index (χ1n) is 6.07.